The van der Waals surface area contributed by atoms with Gasteiger partial charge in [-0.2, -0.15) is 0 Å². The van der Waals surface area contributed by atoms with Crippen molar-refractivity contribution in [3.05, 3.63) is 53.3 Å². The lowest BCUT2D eigenvalue weighted by Gasteiger charge is -2.08. The van der Waals surface area contributed by atoms with Gasteiger partial charge in [0.25, 0.3) is 0 Å². The number of carbonyl (C=O) groups is 1. The molecule has 0 aliphatic carbocycles. The van der Waals surface area contributed by atoms with Crippen molar-refractivity contribution in [1.82, 2.24) is 9.55 Å². The van der Waals surface area contributed by atoms with Crippen LogP contribution in [0.25, 0.3) is 22.2 Å². The third kappa shape index (κ3) is 4.51. The van der Waals surface area contributed by atoms with Crippen LogP contribution in [0.2, 0.25) is 5.02 Å². The second kappa shape index (κ2) is 9.05. The summed E-state index contributed by atoms with van der Waals surface area (Å²) in [6, 6.07) is 10.1. The van der Waals surface area contributed by atoms with Crippen LogP contribution in [0.4, 0.5) is 0 Å². The van der Waals surface area contributed by atoms with Gasteiger partial charge in [0, 0.05) is 47.4 Å². The molecule has 0 aliphatic heterocycles. The predicted molar refractivity (Wildman–Crippen MR) is 110 cm³/mol. The van der Waals surface area contributed by atoms with E-state index in [-0.39, 0.29) is 5.97 Å². The number of unbranched alkanes of at least 4 members (excludes halogenated alkanes) is 2. The van der Waals surface area contributed by atoms with Crippen LogP contribution in [0.3, 0.4) is 0 Å². The number of aromatic nitrogens is 2. The Labute approximate surface area is 165 Å². The number of ether oxygens (including phenoxy) is 1. The molecule has 0 aliphatic rings. The van der Waals surface area contributed by atoms with Crippen LogP contribution in [0.1, 0.15) is 38.2 Å². The molecule has 3 aromatic rings. The third-order valence-electron chi connectivity index (χ3n) is 4.81. The van der Waals surface area contributed by atoms with Crippen molar-refractivity contribution in [3.63, 3.8) is 0 Å². The van der Waals surface area contributed by atoms with Gasteiger partial charge in [0.15, 0.2) is 0 Å². The maximum Gasteiger partial charge on any atom is 0.305 e. The summed E-state index contributed by atoms with van der Waals surface area (Å²) in [6.45, 7) is 2.29. The summed E-state index contributed by atoms with van der Waals surface area (Å²) in [6.07, 6.45) is 7.97. The van der Waals surface area contributed by atoms with Gasteiger partial charge in [0.1, 0.15) is 0 Å². The van der Waals surface area contributed by atoms with Crippen LogP contribution >= 0.6 is 11.6 Å². The fourth-order valence-corrected chi connectivity index (χ4v) is 3.77. The van der Waals surface area contributed by atoms with E-state index in [0.29, 0.717) is 13.0 Å². The summed E-state index contributed by atoms with van der Waals surface area (Å²) >= 11 is 6.27. The standard InChI is InChI=1S/C22H25ClN2O2/c1-3-27-21(26)10-6-4-5-9-18-19-14-17(23)11-12-20(19)25(2)22(18)16-8-7-13-24-15-16/h7-8,11-15H,3-6,9-10H2,1-2H3. The van der Waals surface area contributed by atoms with Crippen molar-refractivity contribution in [3.8, 4) is 11.3 Å². The highest BCUT2D eigenvalue weighted by Gasteiger charge is 2.17. The van der Waals surface area contributed by atoms with Crippen molar-refractivity contribution >= 4 is 28.5 Å². The van der Waals surface area contributed by atoms with E-state index >= 15 is 0 Å². The fraction of sp³-hybridized carbons (Fsp3) is 0.364. The Bertz CT molecular complexity index is 919. The third-order valence-corrected chi connectivity index (χ3v) is 5.05. The number of aryl methyl sites for hydroxylation is 2. The number of benzene rings is 1. The second-order valence-corrected chi connectivity index (χ2v) is 7.09. The highest BCUT2D eigenvalue weighted by molar-refractivity contribution is 6.31. The molecule has 0 bridgehead atoms. The molecule has 0 unspecified atom stereocenters. The number of carbonyl (C=O) groups excluding carboxylic acids is 1. The number of fused-ring (bicyclic) bond motifs is 1. The van der Waals surface area contributed by atoms with Crippen LogP contribution in [0.5, 0.6) is 0 Å². The van der Waals surface area contributed by atoms with Crippen molar-refractivity contribution in [2.75, 3.05) is 6.61 Å². The average molecular weight is 385 g/mol. The number of pyridine rings is 1. The molecule has 0 saturated heterocycles. The molecule has 4 nitrogen and oxygen atoms in total. The van der Waals surface area contributed by atoms with E-state index in [1.54, 1.807) is 6.20 Å². The quantitative estimate of drug-likeness (QED) is 0.377. The average Bonchev–Trinajstić information content (AvgIpc) is 2.93. The monoisotopic (exact) mass is 384 g/mol. The second-order valence-electron chi connectivity index (χ2n) is 6.66. The van der Waals surface area contributed by atoms with Gasteiger partial charge >= 0.3 is 5.97 Å². The van der Waals surface area contributed by atoms with Crippen LogP contribution in [-0.2, 0) is 23.0 Å². The number of nitrogens with zero attached hydrogens (tertiary/aromatic N) is 2. The largest absolute Gasteiger partial charge is 0.466 e. The maximum absolute atomic E-state index is 11.5. The summed E-state index contributed by atoms with van der Waals surface area (Å²) in [5.41, 5.74) is 4.75. The molecular formula is C22H25ClN2O2. The molecule has 0 amide bonds. The Balaban J connectivity index is 1.82. The lowest BCUT2D eigenvalue weighted by atomic mass is 10.00. The molecule has 0 radical (unpaired) electrons. The molecule has 27 heavy (non-hydrogen) atoms. The van der Waals surface area contributed by atoms with Gasteiger partial charge < -0.3 is 9.30 Å². The first-order chi connectivity index (χ1) is 13.1. The summed E-state index contributed by atoms with van der Waals surface area (Å²) in [5.74, 6) is -0.106. The van der Waals surface area contributed by atoms with Gasteiger partial charge in [0.2, 0.25) is 0 Å². The van der Waals surface area contributed by atoms with E-state index in [4.69, 9.17) is 16.3 Å². The van der Waals surface area contributed by atoms with Gasteiger partial charge in [0.05, 0.1) is 12.3 Å². The molecular weight excluding hydrogens is 360 g/mol. The smallest absolute Gasteiger partial charge is 0.305 e. The molecule has 3 rings (SSSR count). The van der Waals surface area contributed by atoms with E-state index in [9.17, 15) is 4.79 Å². The Hall–Kier alpha value is -2.33. The minimum Gasteiger partial charge on any atom is -0.466 e. The zero-order chi connectivity index (χ0) is 19.2. The Morgan fingerprint density at radius 1 is 1.22 bits per heavy atom. The highest BCUT2D eigenvalue weighted by atomic mass is 35.5. The topological polar surface area (TPSA) is 44.1 Å². The zero-order valence-corrected chi connectivity index (χ0v) is 16.6. The molecule has 5 heteroatoms. The first kappa shape index (κ1) is 19.4. The predicted octanol–water partition coefficient (Wildman–Crippen LogP) is 5.56. The zero-order valence-electron chi connectivity index (χ0n) is 15.9. The molecule has 0 atom stereocenters. The van der Waals surface area contributed by atoms with E-state index < -0.39 is 0 Å². The van der Waals surface area contributed by atoms with Gasteiger partial charge in [-0.1, -0.05) is 18.0 Å². The van der Waals surface area contributed by atoms with Crippen molar-refractivity contribution in [1.29, 1.82) is 0 Å². The fourth-order valence-electron chi connectivity index (χ4n) is 3.60. The van der Waals surface area contributed by atoms with Crippen LogP contribution in [0, 0.1) is 0 Å². The van der Waals surface area contributed by atoms with Crippen LogP contribution in [-0.4, -0.2) is 22.1 Å². The molecule has 2 aromatic heterocycles. The molecule has 0 saturated carbocycles. The number of hydrogen-bond acceptors (Lipinski definition) is 3. The summed E-state index contributed by atoms with van der Waals surface area (Å²) in [4.78, 5) is 15.8. The number of halogens is 1. The van der Waals surface area contributed by atoms with Crippen molar-refractivity contribution in [2.24, 2.45) is 7.05 Å². The summed E-state index contributed by atoms with van der Waals surface area (Å²) in [5, 5.41) is 1.93. The van der Waals surface area contributed by atoms with E-state index in [0.717, 1.165) is 36.3 Å². The van der Waals surface area contributed by atoms with Crippen molar-refractivity contribution < 1.29 is 9.53 Å². The van der Waals surface area contributed by atoms with E-state index in [2.05, 4.69) is 28.7 Å². The molecule has 0 spiro atoms. The lowest BCUT2D eigenvalue weighted by molar-refractivity contribution is -0.143. The SMILES string of the molecule is CCOC(=O)CCCCCc1c(-c2cccnc2)n(C)c2ccc(Cl)cc12. The maximum atomic E-state index is 11.5. The molecule has 0 fully saturated rings. The summed E-state index contributed by atoms with van der Waals surface area (Å²) in [7, 11) is 2.09. The molecule has 2 heterocycles. The van der Waals surface area contributed by atoms with Gasteiger partial charge in [-0.3, -0.25) is 9.78 Å². The minimum atomic E-state index is -0.106. The number of hydrogen-bond donors (Lipinski definition) is 0. The van der Waals surface area contributed by atoms with Gasteiger partial charge in [-0.15, -0.1) is 0 Å². The first-order valence-electron chi connectivity index (χ1n) is 9.44. The lowest BCUT2D eigenvalue weighted by Crippen LogP contribution is -2.03. The Kier molecular flexibility index (Phi) is 6.51. The van der Waals surface area contributed by atoms with Gasteiger partial charge in [-0.25, -0.2) is 0 Å². The summed E-state index contributed by atoms with van der Waals surface area (Å²) < 4.78 is 7.21. The molecule has 142 valence electrons. The Morgan fingerprint density at radius 2 is 2.07 bits per heavy atom. The minimum absolute atomic E-state index is 0.106. The van der Waals surface area contributed by atoms with Crippen LogP contribution < -0.4 is 0 Å². The highest BCUT2D eigenvalue weighted by Crippen LogP contribution is 2.35. The number of rotatable bonds is 8. The first-order valence-corrected chi connectivity index (χ1v) is 9.82. The van der Waals surface area contributed by atoms with E-state index in [1.165, 1.54) is 22.2 Å². The van der Waals surface area contributed by atoms with Crippen molar-refractivity contribution in [2.45, 2.75) is 39.0 Å². The number of esters is 1. The van der Waals surface area contributed by atoms with E-state index in [1.807, 2.05) is 31.3 Å². The normalized spacial score (nSPS) is 11.1. The van der Waals surface area contributed by atoms with Gasteiger partial charge in [-0.05, 0) is 62.1 Å². The Morgan fingerprint density at radius 3 is 2.81 bits per heavy atom. The molecule has 1 aromatic carbocycles. The molecule has 0 N–H and O–H groups in total. The van der Waals surface area contributed by atoms with Crippen LogP contribution in [0.15, 0.2) is 42.7 Å².